The number of hydrogen-bond donors (Lipinski definition) is 1. The quantitative estimate of drug-likeness (QED) is 0.849. The molecule has 0 spiro atoms. The van der Waals surface area contributed by atoms with Gasteiger partial charge in [0.2, 0.25) is 0 Å². The van der Waals surface area contributed by atoms with Crippen LogP contribution >= 0.6 is 11.6 Å². The zero-order chi connectivity index (χ0) is 17.8. The highest BCUT2D eigenvalue weighted by Gasteiger charge is 2.28. The van der Waals surface area contributed by atoms with E-state index in [1.54, 1.807) is 0 Å². The first-order valence-electron chi connectivity index (χ1n) is 8.49. The average molecular weight is 359 g/mol. The van der Waals surface area contributed by atoms with Crippen molar-refractivity contribution >= 4 is 17.6 Å². The van der Waals surface area contributed by atoms with Crippen molar-refractivity contribution in [2.45, 2.75) is 19.0 Å². The zero-order valence-corrected chi connectivity index (χ0v) is 15.3. The van der Waals surface area contributed by atoms with Gasteiger partial charge in [0.15, 0.2) is 0 Å². The summed E-state index contributed by atoms with van der Waals surface area (Å²) in [4.78, 5) is 14.1. The second-order valence-electron chi connectivity index (χ2n) is 6.33. The number of rotatable bonds is 4. The molecule has 1 aliphatic rings. The standard InChI is InChI=1S/C20H23ClN2O2/c1-14(23-12-11-22-19(13-23)20(24)25-2)15-3-5-16(6-4-15)17-7-9-18(21)10-8-17/h3-10,14,19,22H,11-13H2,1-2H3/t14-,19+/m1/s1. The van der Waals surface area contributed by atoms with Gasteiger partial charge in [0.25, 0.3) is 0 Å². The second-order valence-corrected chi connectivity index (χ2v) is 6.77. The van der Waals surface area contributed by atoms with Crippen LogP contribution in [-0.2, 0) is 9.53 Å². The summed E-state index contributed by atoms with van der Waals surface area (Å²) in [6.07, 6.45) is 0. The van der Waals surface area contributed by atoms with Crippen LogP contribution in [-0.4, -0.2) is 43.7 Å². The normalized spacial score (nSPS) is 19.4. The molecule has 0 radical (unpaired) electrons. The summed E-state index contributed by atoms with van der Waals surface area (Å²) in [7, 11) is 1.43. The molecule has 2 atom stereocenters. The number of nitrogens with one attached hydrogen (secondary N) is 1. The SMILES string of the molecule is COC(=O)[C@@H]1CN([C@H](C)c2ccc(-c3ccc(Cl)cc3)cc2)CCN1. The number of benzene rings is 2. The maximum absolute atomic E-state index is 11.8. The first-order valence-corrected chi connectivity index (χ1v) is 8.87. The summed E-state index contributed by atoms with van der Waals surface area (Å²) in [6, 6.07) is 16.4. The van der Waals surface area contributed by atoms with Gasteiger partial charge < -0.3 is 10.1 Å². The van der Waals surface area contributed by atoms with E-state index in [-0.39, 0.29) is 18.1 Å². The molecule has 0 unspecified atom stereocenters. The Labute approximate surface area is 153 Å². The smallest absolute Gasteiger partial charge is 0.324 e. The molecular weight excluding hydrogens is 336 g/mol. The van der Waals surface area contributed by atoms with E-state index in [2.05, 4.69) is 41.4 Å². The Kier molecular flexibility index (Phi) is 5.74. The molecule has 0 amide bonds. The van der Waals surface area contributed by atoms with Gasteiger partial charge in [-0.25, -0.2) is 0 Å². The predicted molar refractivity (Wildman–Crippen MR) is 101 cm³/mol. The molecule has 3 rings (SSSR count). The summed E-state index contributed by atoms with van der Waals surface area (Å²) in [5.74, 6) is -0.199. The van der Waals surface area contributed by atoms with Crippen LogP contribution in [0.2, 0.25) is 5.02 Å². The van der Waals surface area contributed by atoms with Crippen LogP contribution in [0.4, 0.5) is 0 Å². The van der Waals surface area contributed by atoms with Gasteiger partial charge in [-0.3, -0.25) is 9.69 Å². The lowest BCUT2D eigenvalue weighted by Crippen LogP contribution is -2.54. The number of esters is 1. The largest absolute Gasteiger partial charge is 0.468 e. The molecular formula is C20H23ClN2O2. The number of carbonyl (C=O) groups excluding carboxylic acids is 1. The average Bonchev–Trinajstić information content (AvgIpc) is 2.67. The molecule has 25 heavy (non-hydrogen) atoms. The number of ether oxygens (including phenoxy) is 1. The molecule has 5 heteroatoms. The number of hydrogen-bond acceptors (Lipinski definition) is 4. The molecule has 1 N–H and O–H groups in total. The van der Waals surface area contributed by atoms with E-state index in [4.69, 9.17) is 16.3 Å². The van der Waals surface area contributed by atoms with Gasteiger partial charge in [-0.15, -0.1) is 0 Å². The fourth-order valence-electron chi connectivity index (χ4n) is 3.23. The number of methoxy groups -OCH3 is 1. The summed E-state index contributed by atoms with van der Waals surface area (Å²) >= 11 is 5.95. The Balaban J connectivity index is 1.71. The van der Waals surface area contributed by atoms with Crippen molar-refractivity contribution in [3.63, 3.8) is 0 Å². The molecule has 0 aliphatic carbocycles. The van der Waals surface area contributed by atoms with E-state index >= 15 is 0 Å². The summed E-state index contributed by atoms with van der Waals surface area (Å²) in [6.45, 7) is 4.53. The van der Waals surface area contributed by atoms with Gasteiger partial charge in [-0.05, 0) is 35.7 Å². The Bertz CT molecular complexity index is 715. The third kappa shape index (κ3) is 4.21. The van der Waals surface area contributed by atoms with Crippen LogP contribution in [0.3, 0.4) is 0 Å². The molecule has 1 aliphatic heterocycles. The molecule has 1 fully saturated rings. The van der Waals surface area contributed by atoms with Gasteiger partial charge in [0.1, 0.15) is 6.04 Å². The summed E-state index contributed by atoms with van der Waals surface area (Å²) in [5.41, 5.74) is 3.56. The van der Waals surface area contributed by atoms with E-state index in [9.17, 15) is 4.79 Å². The number of halogens is 1. The molecule has 132 valence electrons. The van der Waals surface area contributed by atoms with Crippen molar-refractivity contribution < 1.29 is 9.53 Å². The van der Waals surface area contributed by atoms with Crippen LogP contribution in [0.1, 0.15) is 18.5 Å². The zero-order valence-electron chi connectivity index (χ0n) is 14.5. The third-order valence-electron chi connectivity index (χ3n) is 4.81. The lowest BCUT2D eigenvalue weighted by atomic mass is 10.00. The molecule has 4 nitrogen and oxygen atoms in total. The Morgan fingerprint density at radius 3 is 2.36 bits per heavy atom. The van der Waals surface area contributed by atoms with Crippen LogP contribution < -0.4 is 5.32 Å². The van der Waals surface area contributed by atoms with Crippen LogP contribution in [0.15, 0.2) is 48.5 Å². The van der Waals surface area contributed by atoms with Crippen LogP contribution in [0.5, 0.6) is 0 Å². The monoisotopic (exact) mass is 358 g/mol. The van der Waals surface area contributed by atoms with Gasteiger partial charge in [0.05, 0.1) is 7.11 Å². The Morgan fingerprint density at radius 1 is 1.16 bits per heavy atom. The van der Waals surface area contributed by atoms with Gasteiger partial charge >= 0.3 is 5.97 Å². The summed E-state index contributed by atoms with van der Waals surface area (Å²) < 4.78 is 4.86. The first kappa shape index (κ1) is 17.9. The number of piperazine rings is 1. The van der Waals surface area contributed by atoms with E-state index in [0.717, 1.165) is 23.7 Å². The number of nitrogens with zero attached hydrogens (tertiary/aromatic N) is 1. The molecule has 0 saturated carbocycles. The van der Waals surface area contributed by atoms with Crippen molar-refractivity contribution in [3.8, 4) is 11.1 Å². The molecule has 0 bridgehead atoms. The van der Waals surface area contributed by atoms with E-state index in [1.807, 2.05) is 24.3 Å². The minimum Gasteiger partial charge on any atom is -0.468 e. The predicted octanol–water partition coefficient (Wildman–Crippen LogP) is 3.51. The first-order chi connectivity index (χ1) is 12.1. The third-order valence-corrected chi connectivity index (χ3v) is 5.06. The lowest BCUT2D eigenvalue weighted by Gasteiger charge is -2.36. The van der Waals surface area contributed by atoms with Crippen LogP contribution in [0, 0.1) is 0 Å². The minimum atomic E-state index is -0.255. The summed E-state index contributed by atoms with van der Waals surface area (Å²) in [5, 5.41) is 3.96. The van der Waals surface area contributed by atoms with E-state index in [1.165, 1.54) is 18.2 Å². The highest BCUT2D eigenvalue weighted by molar-refractivity contribution is 6.30. The molecule has 2 aromatic rings. The number of carbonyl (C=O) groups is 1. The van der Waals surface area contributed by atoms with E-state index < -0.39 is 0 Å². The van der Waals surface area contributed by atoms with Crippen molar-refractivity contribution in [2.75, 3.05) is 26.7 Å². The fraction of sp³-hybridized carbons (Fsp3) is 0.350. The maximum Gasteiger partial charge on any atom is 0.324 e. The highest BCUT2D eigenvalue weighted by atomic mass is 35.5. The second kappa shape index (κ2) is 8.00. The fourth-order valence-corrected chi connectivity index (χ4v) is 3.36. The minimum absolute atomic E-state index is 0.199. The molecule has 1 heterocycles. The van der Waals surface area contributed by atoms with Crippen LogP contribution in [0.25, 0.3) is 11.1 Å². The molecule has 0 aromatic heterocycles. The Morgan fingerprint density at radius 2 is 1.76 bits per heavy atom. The molecule has 2 aromatic carbocycles. The van der Waals surface area contributed by atoms with Crippen molar-refractivity contribution in [2.24, 2.45) is 0 Å². The lowest BCUT2D eigenvalue weighted by molar-refractivity contribution is -0.144. The van der Waals surface area contributed by atoms with Crippen molar-refractivity contribution in [3.05, 3.63) is 59.1 Å². The van der Waals surface area contributed by atoms with Gasteiger partial charge in [-0.1, -0.05) is 48.0 Å². The van der Waals surface area contributed by atoms with Crippen molar-refractivity contribution in [1.82, 2.24) is 10.2 Å². The van der Waals surface area contributed by atoms with Gasteiger partial charge in [-0.2, -0.15) is 0 Å². The maximum atomic E-state index is 11.8. The van der Waals surface area contributed by atoms with Gasteiger partial charge in [0, 0.05) is 30.7 Å². The molecule has 1 saturated heterocycles. The topological polar surface area (TPSA) is 41.6 Å². The van der Waals surface area contributed by atoms with Crippen molar-refractivity contribution in [1.29, 1.82) is 0 Å². The Hall–Kier alpha value is -1.88. The highest BCUT2D eigenvalue weighted by Crippen LogP contribution is 2.26. The van der Waals surface area contributed by atoms with E-state index in [0.29, 0.717) is 6.54 Å².